The number of hydrogen-bond donors (Lipinski definition) is 3. The molecule has 1 rings (SSSR count). The van der Waals surface area contributed by atoms with Gasteiger partial charge in [0, 0.05) is 17.6 Å². The van der Waals surface area contributed by atoms with E-state index in [9.17, 15) is 9.90 Å². The van der Waals surface area contributed by atoms with Crippen molar-refractivity contribution in [3.8, 4) is 0 Å². The van der Waals surface area contributed by atoms with Crippen LogP contribution in [0.5, 0.6) is 0 Å². The molecule has 1 aromatic heterocycles. The number of aliphatic hydroxyl groups excluding tert-OH is 1. The van der Waals surface area contributed by atoms with Gasteiger partial charge in [0.05, 0.1) is 6.10 Å². The van der Waals surface area contributed by atoms with Gasteiger partial charge in [-0.05, 0) is 12.3 Å². The fourth-order valence-corrected chi connectivity index (χ4v) is 2.21. The standard InChI is InChI=1S/C12H21N3O2S/c1-4-5-9-6-14-12(18-9)15-11(17)13-7-10(16)8(2)3/h6,8,10,16H,4-5,7H2,1-3H3,(H2,13,14,15,17). The van der Waals surface area contributed by atoms with Crippen LogP contribution in [0.2, 0.25) is 0 Å². The number of rotatable bonds is 6. The average molecular weight is 271 g/mol. The molecule has 6 heteroatoms. The van der Waals surface area contributed by atoms with E-state index in [0.717, 1.165) is 17.7 Å². The molecule has 0 radical (unpaired) electrons. The Morgan fingerprint density at radius 1 is 1.56 bits per heavy atom. The highest BCUT2D eigenvalue weighted by molar-refractivity contribution is 7.15. The molecular formula is C12H21N3O2S. The van der Waals surface area contributed by atoms with Crippen LogP contribution in [0.1, 0.15) is 32.1 Å². The smallest absolute Gasteiger partial charge is 0.321 e. The van der Waals surface area contributed by atoms with Gasteiger partial charge in [-0.3, -0.25) is 5.32 Å². The third-order valence-electron chi connectivity index (χ3n) is 2.51. The highest BCUT2D eigenvalue weighted by atomic mass is 32.1. The second kappa shape index (κ2) is 7.33. The van der Waals surface area contributed by atoms with Gasteiger partial charge in [-0.2, -0.15) is 0 Å². The third-order valence-corrected chi connectivity index (χ3v) is 3.48. The van der Waals surface area contributed by atoms with E-state index in [4.69, 9.17) is 0 Å². The number of carbonyl (C=O) groups excluding carboxylic acids is 1. The molecule has 0 saturated heterocycles. The number of thiazole rings is 1. The summed E-state index contributed by atoms with van der Waals surface area (Å²) in [6.07, 6.45) is 3.30. The first kappa shape index (κ1) is 14.9. The fourth-order valence-electron chi connectivity index (χ4n) is 1.30. The normalized spacial score (nSPS) is 12.5. The molecule has 1 atom stereocenters. The number of hydrogen-bond acceptors (Lipinski definition) is 4. The van der Waals surface area contributed by atoms with Crippen molar-refractivity contribution in [1.82, 2.24) is 10.3 Å². The predicted molar refractivity (Wildman–Crippen MR) is 74.0 cm³/mol. The van der Waals surface area contributed by atoms with E-state index < -0.39 is 6.10 Å². The highest BCUT2D eigenvalue weighted by Gasteiger charge is 2.11. The molecule has 5 nitrogen and oxygen atoms in total. The molecule has 0 aliphatic rings. The molecule has 1 aromatic rings. The summed E-state index contributed by atoms with van der Waals surface area (Å²) < 4.78 is 0. The molecule has 0 aromatic carbocycles. The number of aromatic nitrogens is 1. The van der Waals surface area contributed by atoms with Crippen LogP contribution in [0.25, 0.3) is 0 Å². The second-order valence-corrected chi connectivity index (χ2v) is 5.64. The Hall–Kier alpha value is -1.14. The number of nitrogens with zero attached hydrogens (tertiary/aromatic N) is 1. The molecule has 3 N–H and O–H groups in total. The monoisotopic (exact) mass is 271 g/mol. The van der Waals surface area contributed by atoms with Crippen molar-refractivity contribution >= 4 is 22.5 Å². The quantitative estimate of drug-likeness (QED) is 0.743. The largest absolute Gasteiger partial charge is 0.391 e. The molecule has 0 fully saturated rings. The predicted octanol–water partition coefficient (Wildman–Crippen LogP) is 2.23. The van der Waals surface area contributed by atoms with Crippen molar-refractivity contribution in [1.29, 1.82) is 0 Å². The van der Waals surface area contributed by atoms with Gasteiger partial charge in [-0.25, -0.2) is 9.78 Å². The van der Waals surface area contributed by atoms with Gasteiger partial charge in [-0.15, -0.1) is 11.3 Å². The maximum Gasteiger partial charge on any atom is 0.321 e. The number of anilines is 1. The molecule has 0 aliphatic carbocycles. The van der Waals surface area contributed by atoms with E-state index in [0.29, 0.717) is 5.13 Å². The Morgan fingerprint density at radius 2 is 2.28 bits per heavy atom. The first-order valence-corrected chi connectivity index (χ1v) is 7.02. The van der Waals surface area contributed by atoms with Crippen LogP contribution >= 0.6 is 11.3 Å². The van der Waals surface area contributed by atoms with Gasteiger partial charge in [0.1, 0.15) is 0 Å². The molecule has 0 spiro atoms. The SMILES string of the molecule is CCCc1cnc(NC(=O)NCC(O)C(C)C)s1. The van der Waals surface area contributed by atoms with Crippen LogP contribution < -0.4 is 10.6 Å². The van der Waals surface area contributed by atoms with E-state index >= 15 is 0 Å². The van der Waals surface area contributed by atoms with Crippen LogP contribution in [0, 0.1) is 5.92 Å². The Balaban J connectivity index is 2.35. The van der Waals surface area contributed by atoms with E-state index in [2.05, 4.69) is 22.5 Å². The molecule has 18 heavy (non-hydrogen) atoms. The summed E-state index contributed by atoms with van der Waals surface area (Å²) in [7, 11) is 0. The maximum absolute atomic E-state index is 11.5. The summed E-state index contributed by atoms with van der Waals surface area (Å²) in [5.41, 5.74) is 0. The van der Waals surface area contributed by atoms with Crippen LogP contribution in [0.15, 0.2) is 6.20 Å². The summed E-state index contributed by atoms with van der Waals surface area (Å²) in [4.78, 5) is 16.8. The second-order valence-electron chi connectivity index (χ2n) is 4.53. The zero-order valence-electron chi connectivity index (χ0n) is 11.1. The van der Waals surface area contributed by atoms with Crippen molar-refractivity contribution in [2.75, 3.05) is 11.9 Å². The van der Waals surface area contributed by atoms with Crippen molar-refractivity contribution in [3.63, 3.8) is 0 Å². The molecule has 0 aliphatic heterocycles. The summed E-state index contributed by atoms with van der Waals surface area (Å²) in [6.45, 7) is 6.16. The maximum atomic E-state index is 11.5. The number of aliphatic hydroxyl groups is 1. The van der Waals surface area contributed by atoms with Gasteiger partial charge in [0.25, 0.3) is 0 Å². The van der Waals surface area contributed by atoms with E-state index in [1.807, 2.05) is 13.8 Å². The Morgan fingerprint density at radius 3 is 2.89 bits per heavy atom. The van der Waals surface area contributed by atoms with Crippen LogP contribution in [0.3, 0.4) is 0 Å². The molecule has 2 amide bonds. The van der Waals surface area contributed by atoms with Gasteiger partial charge >= 0.3 is 6.03 Å². The zero-order chi connectivity index (χ0) is 13.5. The van der Waals surface area contributed by atoms with Gasteiger partial charge in [0.2, 0.25) is 0 Å². The number of carbonyl (C=O) groups is 1. The summed E-state index contributed by atoms with van der Waals surface area (Å²) >= 11 is 1.48. The van der Waals surface area contributed by atoms with E-state index in [-0.39, 0.29) is 18.5 Å². The van der Waals surface area contributed by atoms with Gasteiger partial charge in [-0.1, -0.05) is 27.2 Å². The molecule has 0 bridgehead atoms. The molecule has 102 valence electrons. The minimum absolute atomic E-state index is 0.126. The van der Waals surface area contributed by atoms with Gasteiger partial charge in [0.15, 0.2) is 5.13 Å². The lowest BCUT2D eigenvalue weighted by molar-refractivity contribution is 0.126. The molecule has 0 saturated carbocycles. The lowest BCUT2D eigenvalue weighted by atomic mass is 10.1. The lowest BCUT2D eigenvalue weighted by Crippen LogP contribution is -2.37. The third kappa shape index (κ3) is 5.01. The van der Waals surface area contributed by atoms with Crippen molar-refractivity contribution in [2.24, 2.45) is 5.92 Å². The Labute approximate surface area is 112 Å². The zero-order valence-corrected chi connectivity index (χ0v) is 11.9. The number of urea groups is 1. The molecular weight excluding hydrogens is 250 g/mol. The Bertz CT molecular complexity index is 379. The van der Waals surface area contributed by atoms with Crippen molar-refractivity contribution in [2.45, 2.75) is 39.7 Å². The topological polar surface area (TPSA) is 74.2 Å². The van der Waals surface area contributed by atoms with Crippen LogP contribution in [0.4, 0.5) is 9.93 Å². The fraction of sp³-hybridized carbons (Fsp3) is 0.667. The summed E-state index contributed by atoms with van der Waals surface area (Å²) in [6, 6.07) is -0.327. The van der Waals surface area contributed by atoms with E-state index in [1.54, 1.807) is 6.20 Å². The molecule has 1 heterocycles. The minimum Gasteiger partial charge on any atom is -0.391 e. The number of nitrogens with one attached hydrogen (secondary N) is 2. The van der Waals surface area contributed by atoms with Crippen molar-refractivity contribution < 1.29 is 9.90 Å². The molecule has 1 unspecified atom stereocenters. The number of amides is 2. The van der Waals surface area contributed by atoms with Crippen LogP contribution in [-0.2, 0) is 6.42 Å². The lowest BCUT2D eigenvalue weighted by Gasteiger charge is -2.14. The van der Waals surface area contributed by atoms with Crippen LogP contribution in [-0.4, -0.2) is 28.8 Å². The first-order chi connectivity index (χ1) is 8.52. The summed E-state index contributed by atoms with van der Waals surface area (Å²) in [5.74, 6) is 0.126. The first-order valence-electron chi connectivity index (χ1n) is 6.20. The average Bonchev–Trinajstić information content (AvgIpc) is 2.73. The van der Waals surface area contributed by atoms with Gasteiger partial charge < -0.3 is 10.4 Å². The minimum atomic E-state index is -0.525. The Kier molecular flexibility index (Phi) is 6.07. The highest BCUT2D eigenvalue weighted by Crippen LogP contribution is 2.19. The van der Waals surface area contributed by atoms with E-state index in [1.165, 1.54) is 11.3 Å². The van der Waals surface area contributed by atoms with Crippen molar-refractivity contribution in [3.05, 3.63) is 11.1 Å². The number of aryl methyl sites for hydroxylation is 1. The summed E-state index contributed by atoms with van der Waals surface area (Å²) in [5, 5.41) is 15.4.